The first-order valence-electron chi connectivity index (χ1n) is 7.05. The summed E-state index contributed by atoms with van der Waals surface area (Å²) in [5.74, 6) is -0.565. The Kier molecular flexibility index (Phi) is 5.87. The Hall–Kier alpha value is -0.330. The van der Waals surface area contributed by atoms with Crippen molar-refractivity contribution in [3.63, 3.8) is 0 Å². The highest BCUT2D eigenvalue weighted by Gasteiger charge is 2.38. The molecule has 0 aromatic heterocycles. The van der Waals surface area contributed by atoms with E-state index in [0.717, 1.165) is 25.9 Å². The van der Waals surface area contributed by atoms with Crippen LogP contribution in [0.2, 0.25) is 0 Å². The molecule has 0 bridgehead atoms. The van der Waals surface area contributed by atoms with Crippen LogP contribution in [0.5, 0.6) is 0 Å². The van der Waals surface area contributed by atoms with Gasteiger partial charge in [-0.25, -0.2) is 8.42 Å². The van der Waals surface area contributed by atoms with Crippen molar-refractivity contribution < 1.29 is 13.2 Å². The van der Waals surface area contributed by atoms with Gasteiger partial charge in [-0.2, -0.15) is 0 Å². The molecule has 2 saturated heterocycles. The van der Waals surface area contributed by atoms with E-state index in [2.05, 4.69) is 5.32 Å². The van der Waals surface area contributed by atoms with E-state index in [1.165, 1.54) is 6.42 Å². The second kappa shape index (κ2) is 6.62. The molecule has 1 amide bonds. The molecule has 0 aromatic rings. The third-order valence-corrected chi connectivity index (χ3v) is 6.64. The first-order valence-corrected chi connectivity index (χ1v) is 8.76. The second-order valence-electron chi connectivity index (χ2n) is 6.16. The SMILES string of the molecule is CC(C)S(=O)(=O)CC(=O)N1CCC2(CCNC2)CC1.Cl. The maximum Gasteiger partial charge on any atom is 0.237 e. The lowest BCUT2D eigenvalue weighted by Gasteiger charge is -2.38. The van der Waals surface area contributed by atoms with E-state index in [0.29, 0.717) is 18.5 Å². The molecule has 0 aromatic carbocycles. The van der Waals surface area contributed by atoms with Crippen molar-refractivity contribution in [3.8, 4) is 0 Å². The average Bonchev–Trinajstić information content (AvgIpc) is 2.77. The summed E-state index contributed by atoms with van der Waals surface area (Å²) in [5, 5.41) is 2.90. The highest BCUT2D eigenvalue weighted by molar-refractivity contribution is 7.92. The quantitative estimate of drug-likeness (QED) is 0.835. The van der Waals surface area contributed by atoms with Gasteiger partial charge in [0.15, 0.2) is 9.84 Å². The largest absolute Gasteiger partial charge is 0.342 e. The molecule has 2 aliphatic heterocycles. The summed E-state index contributed by atoms with van der Waals surface area (Å²) in [6, 6.07) is 0. The number of sulfone groups is 1. The van der Waals surface area contributed by atoms with Crippen molar-refractivity contribution in [2.24, 2.45) is 5.41 Å². The van der Waals surface area contributed by atoms with Crippen LogP contribution in [0.4, 0.5) is 0 Å². The van der Waals surface area contributed by atoms with E-state index in [1.54, 1.807) is 18.7 Å². The Morgan fingerprint density at radius 2 is 1.85 bits per heavy atom. The molecule has 0 saturated carbocycles. The number of hydrogen-bond donors (Lipinski definition) is 1. The van der Waals surface area contributed by atoms with Gasteiger partial charge >= 0.3 is 0 Å². The molecule has 0 radical (unpaired) electrons. The van der Waals surface area contributed by atoms with Crippen molar-refractivity contribution >= 4 is 28.2 Å². The minimum Gasteiger partial charge on any atom is -0.342 e. The van der Waals surface area contributed by atoms with Gasteiger partial charge in [0.1, 0.15) is 5.75 Å². The third-order valence-electron chi connectivity index (χ3n) is 4.55. The van der Waals surface area contributed by atoms with Gasteiger partial charge < -0.3 is 10.2 Å². The summed E-state index contributed by atoms with van der Waals surface area (Å²) in [6.45, 7) is 6.76. The van der Waals surface area contributed by atoms with Crippen LogP contribution in [-0.2, 0) is 14.6 Å². The fraction of sp³-hybridized carbons (Fsp3) is 0.923. The molecular formula is C13H25ClN2O3S. The topological polar surface area (TPSA) is 66.5 Å². The number of piperidine rings is 1. The van der Waals surface area contributed by atoms with Gasteiger partial charge in [0, 0.05) is 19.6 Å². The summed E-state index contributed by atoms with van der Waals surface area (Å²) in [7, 11) is -3.28. The van der Waals surface area contributed by atoms with Crippen LogP contribution in [0.3, 0.4) is 0 Å². The Balaban J connectivity index is 0.00000200. The zero-order valence-electron chi connectivity index (χ0n) is 12.2. The molecule has 1 N–H and O–H groups in total. The fourth-order valence-corrected chi connectivity index (χ4v) is 3.74. The number of likely N-dealkylation sites (tertiary alicyclic amines) is 1. The van der Waals surface area contributed by atoms with Gasteiger partial charge in [0.2, 0.25) is 5.91 Å². The molecule has 2 fully saturated rings. The van der Waals surface area contributed by atoms with Crippen LogP contribution in [0, 0.1) is 5.41 Å². The summed E-state index contributed by atoms with van der Waals surface area (Å²) < 4.78 is 23.6. The van der Waals surface area contributed by atoms with Crippen molar-refractivity contribution in [1.82, 2.24) is 10.2 Å². The Morgan fingerprint density at radius 3 is 2.30 bits per heavy atom. The van der Waals surface area contributed by atoms with Gasteiger partial charge in [-0.05, 0) is 45.1 Å². The minimum absolute atomic E-state index is 0. The number of amides is 1. The first kappa shape index (κ1) is 17.7. The van der Waals surface area contributed by atoms with Gasteiger partial charge in [0.25, 0.3) is 0 Å². The van der Waals surface area contributed by atoms with Crippen molar-refractivity contribution in [2.75, 3.05) is 31.9 Å². The molecule has 1 spiro atoms. The molecule has 0 aliphatic carbocycles. The van der Waals surface area contributed by atoms with Crippen molar-refractivity contribution in [2.45, 2.75) is 38.4 Å². The zero-order chi connectivity index (χ0) is 14.1. The smallest absolute Gasteiger partial charge is 0.237 e. The fourth-order valence-electron chi connectivity index (χ4n) is 2.88. The lowest BCUT2D eigenvalue weighted by atomic mass is 9.78. The van der Waals surface area contributed by atoms with E-state index in [9.17, 15) is 13.2 Å². The van der Waals surface area contributed by atoms with Gasteiger partial charge in [-0.15, -0.1) is 12.4 Å². The number of halogens is 1. The van der Waals surface area contributed by atoms with Crippen LogP contribution < -0.4 is 5.32 Å². The first-order chi connectivity index (χ1) is 8.85. The molecule has 2 heterocycles. The number of nitrogens with zero attached hydrogens (tertiary/aromatic N) is 1. The number of carbonyl (C=O) groups excluding carboxylic acids is 1. The normalized spacial score (nSPS) is 22.1. The highest BCUT2D eigenvalue weighted by Crippen LogP contribution is 2.36. The minimum atomic E-state index is -3.28. The van der Waals surface area contributed by atoms with E-state index in [-0.39, 0.29) is 24.1 Å². The highest BCUT2D eigenvalue weighted by atomic mass is 35.5. The average molecular weight is 325 g/mol. The van der Waals surface area contributed by atoms with Crippen molar-refractivity contribution in [3.05, 3.63) is 0 Å². The number of nitrogens with one attached hydrogen (secondary N) is 1. The summed E-state index contributed by atoms with van der Waals surface area (Å²) >= 11 is 0. The predicted molar refractivity (Wildman–Crippen MR) is 81.9 cm³/mol. The van der Waals surface area contributed by atoms with Crippen LogP contribution in [0.1, 0.15) is 33.1 Å². The van der Waals surface area contributed by atoms with Crippen LogP contribution in [0.25, 0.3) is 0 Å². The summed E-state index contributed by atoms with van der Waals surface area (Å²) in [5.41, 5.74) is 0.355. The molecular weight excluding hydrogens is 300 g/mol. The predicted octanol–water partition coefficient (Wildman–Crippen LogP) is 0.833. The molecule has 7 heteroatoms. The van der Waals surface area contributed by atoms with E-state index in [1.807, 2.05) is 0 Å². The summed E-state index contributed by atoms with van der Waals surface area (Å²) in [4.78, 5) is 13.8. The van der Waals surface area contributed by atoms with Crippen LogP contribution >= 0.6 is 12.4 Å². The lowest BCUT2D eigenvalue weighted by molar-refractivity contribution is -0.130. The maximum absolute atomic E-state index is 12.1. The molecule has 0 atom stereocenters. The van der Waals surface area contributed by atoms with Crippen LogP contribution in [-0.4, -0.2) is 56.4 Å². The molecule has 2 rings (SSSR count). The molecule has 5 nitrogen and oxygen atoms in total. The van der Waals surface area contributed by atoms with E-state index < -0.39 is 15.1 Å². The zero-order valence-corrected chi connectivity index (χ0v) is 13.9. The Morgan fingerprint density at radius 1 is 1.25 bits per heavy atom. The third kappa shape index (κ3) is 3.86. The maximum atomic E-state index is 12.1. The Bertz CT molecular complexity index is 435. The number of rotatable bonds is 3. The molecule has 20 heavy (non-hydrogen) atoms. The number of hydrogen-bond acceptors (Lipinski definition) is 4. The molecule has 2 aliphatic rings. The lowest BCUT2D eigenvalue weighted by Crippen LogP contribution is -2.46. The molecule has 118 valence electrons. The monoisotopic (exact) mass is 324 g/mol. The Labute approximate surface area is 127 Å². The van der Waals surface area contributed by atoms with Gasteiger partial charge in [-0.3, -0.25) is 4.79 Å². The standard InChI is InChI=1S/C13H24N2O3S.ClH/c1-11(2)19(17,18)9-12(16)15-7-4-13(5-8-15)3-6-14-10-13;/h11,14H,3-10H2,1-2H3;1H. The van der Waals surface area contributed by atoms with Gasteiger partial charge in [0.05, 0.1) is 5.25 Å². The second-order valence-corrected chi connectivity index (χ2v) is 8.72. The van der Waals surface area contributed by atoms with Crippen molar-refractivity contribution in [1.29, 1.82) is 0 Å². The number of carbonyl (C=O) groups is 1. The van der Waals surface area contributed by atoms with E-state index in [4.69, 9.17) is 0 Å². The summed E-state index contributed by atoms with van der Waals surface area (Å²) in [6.07, 6.45) is 3.17. The van der Waals surface area contributed by atoms with Gasteiger partial charge in [-0.1, -0.05) is 0 Å². The van der Waals surface area contributed by atoms with Crippen LogP contribution in [0.15, 0.2) is 0 Å². The molecule has 0 unspecified atom stereocenters. The van der Waals surface area contributed by atoms with E-state index >= 15 is 0 Å².